The smallest absolute Gasteiger partial charge is 0.191 e. The predicted octanol–water partition coefficient (Wildman–Crippen LogP) is 4.57. The van der Waals surface area contributed by atoms with E-state index in [1.807, 2.05) is 66.2 Å². The third-order valence-corrected chi connectivity index (χ3v) is 5.26. The van der Waals surface area contributed by atoms with Gasteiger partial charge >= 0.3 is 0 Å². The van der Waals surface area contributed by atoms with Crippen molar-refractivity contribution in [3.63, 3.8) is 0 Å². The molecule has 136 valence electrons. The predicted molar refractivity (Wildman–Crippen MR) is 113 cm³/mol. The lowest BCUT2D eigenvalue weighted by molar-refractivity contribution is 0.793. The summed E-state index contributed by atoms with van der Waals surface area (Å²) >= 11 is 1.67. The van der Waals surface area contributed by atoms with Crippen LogP contribution >= 0.6 is 11.8 Å². The maximum atomic E-state index is 4.36. The molecule has 0 saturated heterocycles. The molecule has 0 atom stereocenters. The van der Waals surface area contributed by atoms with Crippen molar-refractivity contribution in [2.24, 2.45) is 7.05 Å². The summed E-state index contributed by atoms with van der Waals surface area (Å²) in [7, 11) is 1.98. The topological polar surface area (TPSA) is 43.6 Å². The Morgan fingerprint density at radius 2 is 1.57 bits per heavy atom. The maximum Gasteiger partial charge on any atom is 0.191 e. The molecule has 2 aromatic carbocycles. The molecular weight excluding hydrogens is 364 g/mol. The SMILES string of the molecule is Cn1c(SCc2ccccc2)nnc1-c1cncc(C#Cc2ccccc2)c1. The molecule has 0 fully saturated rings. The van der Waals surface area contributed by atoms with Crippen LogP contribution in [0.15, 0.2) is 84.3 Å². The van der Waals surface area contributed by atoms with Crippen molar-refractivity contribution in [1.29, 1.82) is 0 Å². The maximum absolute atomic E-state index is 4.36. The molecule has 5 heteroatoms. The highest BCUT2D eigenvalue weighted by atomic mass is 32.2. The van der Waals surface area contributed by atoms with Crippen LogP contribution in [0.4, 0.5) is 0 Å². The first-order chi connectivity index (χ1) is 13.8. The zero-order valence-corrected chi connectivity index (χ0v) is 16.2. The van der Waals surface area contributed by atoms with E-state index >= 15 is 0 Å². The number of hydrogen-bond donors (Lipinski definition) is 0. The molecule has 4 aromatic rings. The van der Waals surface area contributed by atoms with Crippen molar-refractivity contribution in [3.8, 4) is 23.2 Å². The van der Waals surface area contributed by atoms with E-state index < -0.39 is 0 Å². The second-order valence-corrected chi connectivity index (χ2v) is 7.16. The molecule has 4 rings (SSSR count). The molecule has 0 unspecified atom stereocenters. The molecule has 0 N–H and O–H groups in total. The van der Waals surface area contributed by atoms with E-state index in [2.05, 4.69) is 39.2 Å². The van der Waals surface area contributed by atoms with Crippen LogP contribution in [0.5, 0.6) is 0 Å². The number of hydrogen-bond acceptors (Lipinski definition) is 4. The number of nitrogens with zero attached hydrogens (tertiary/aromatic N) is 4. The van der Waals surface area contributed by atoms with E-state index in [0.29, 0.717) is 0 Å². The average molecular weight is 382 g/mol. The third kappa shape index (κ3) is 4.30. The van der Waals surface area contributed by atoms with Gasteiger partial charge in [-0.1, -0.05) is 72.1 Å². The Balaban J connectivity index is 1.53. The van der Waals surface area contributed by atoms with Gasteiger partial charge in [0.15, 0.2) is 11.0 Å². The summed E-state index contributed by atoms with van der Waals surface area (Å²) in [4.78, 5) is 4.33. The second kappa shape index (κ2) is 8.55. The molecule has 0 amide bonds. The lowest BCUT2D eigenvalue weighted by Gasteiger charge is -2.04. The Kier molecular flexibility index (Phi) is 5.51. The van der Waals surface area contributed by atoms with Crippen molar-refractivity contribution in [3.05, 3.63) is 95.8 Å². The summed E-state index contributed by atoms with van der Waals surface area (Å²) in [5, 5.41) is 9.58. The van der Waals surface area contributed by atoms with E-state index in [0.717, 1.165) is 33.4 Å². The molecule has 2 aromatic heterocycles. The molecule has 28 heavy (non-hydrogen) atoms. The molecule has 4 nitrogen and oxygen atoms in total. The molecule has 0 saturated carbocycles. The van der Waals surface area contributed by atoms with Crippen LogP contribution in [0, 0.1) is 11.8 Å². The van der Waals surface area contributed by atoms with E-state index in [4.69, 9.17) is 0 Å². The Hall–Kier alpha value is -3.36. The summed E-state index contributed by atoms with van der Waals surface area (Å²) in [6, 6.07) is 22.3. The van der Waals surface area contributed by atoms with Crippen LogP contribution in [0.2, 0.25) is 0 Å². The van der Waals surface area contributed by atoms with Crippen molar-refractivity contribution in [2.75, 3.05) is 0 Å². The van der Waals surface area contributed by atoms with Crippen LogP contribution in [0.25, 0.3) is 11.4 Å². The average Bonchev–Trinajstić information content (AvgIpc) is 3.13. The first kappa shape index (κ1) is 18.0. The van der Waals surface area contributed by atoms with Crippen LogP contribution in [-0.4, -0.2) is 19.7 Å². The van der Waals surface area contributed by atoms with Gasteiger partial charge in [-0.25, -0.2) is 0 Å². The zero-order valence-electron chi connectivity index (χ0n) is 15.4. The van der Waals surface area contributed by atoms with Gasteiger partial charge in [-0.2, -0.15) is 0 Å². The van der Waals surface area contributed by atoms with Crippen LogP contribution in [0.3, 0.4) is 0 Å². The Morgan fingerprint density at radius 3 is 2.36 bits per heavy atom. The van der Waals surface area contributed by atoms with E-state index in [-0.39, 0.29) is 0 Å². The molecular formula is C23H18N4S. The summed E-state index contributed by atoms with van der Waals surface area (Å²) < 4.78 is 2.00. The van der Waals surface area contributed by atoms with E-state index in [9.17, 15) is 0 Å². The van der Waals surface area contributed by atoms with Gasteiger partial charge in [-0.05, 0) is 23.8 Å². The van der Waals surface area contributed by atoms with Gasteiger partial charge in [0, 0.05) is 41.9 Å². The number of pyridine rings is 1. The standard InChI is InChI=1S/C23H18N4S/c1-27-22(25-26-23(27)28-17-19-10-6-3-7-11-19)21-14-20(15-24-16-21)13-12-18-8-4-2-5-9-18/h2-11,14-16H,17H2,1H3. The normalized spacial score (nSPS) is 10.3. The Morgan fingerprint density at radius 1 is 0.857 bits per heavy atom. The molecule has 0 aliphatic carbocycles. The van der Waals surface area contributed by atoms with Gasteiger partial charge in [0.2, 0.25) is 0 Å². The zero-order chi connectivity index (χ0) is 19.2. The molecule has 0 aliphatic rings. The molecule has 0 bridgehead atoms. The highest BCUT2D eigenvalue weighted by molar-refractivity contribution is 7.98. The number of aromatic nitrogens is 4. The minimum Gasteiger partial charge on any atom is -0.305 e. The fourth-order valence-corrected chi connectivity index (χ4v) is 3.58. The quantitative estimate of drug-likeness (QED) is 0.383. The van der Waals surface area contributed by atoms with E-state index in [1.165, 1.54) is 5.56 Å². The molecule has 2 heterocycles. The fourth-order valence-electron chi connectivity index (χ4n) is 2.71. The molecule has 0 spiro atoms. The van der Waals surface area contributed by atoms with Gasteiger partial charge in [0.1, 0.15) is 0 Å². The first-order valence-electron chi connectivity index (χ1n) is 8.88. The largest absolute Gasteiger partial charge is 0.305 e. The van der Waals surface area contributed by atoms with Gasteiger partial charge in [-0.15, -0.1) is 10.2 Å². The summed E-state index contributed by atoms with van der Waals surface area (Å²) in [6.45, 7) is 0. The summed E-state index contributed by atoms with van der Waals surface area (Å²) in [5.74, 6) is 7.97. The van der Waals surface area contributed by atoms with E-state index in [1.54, 1.807) is 24.2 Å². The third-order valence-electron chi connectivity index (χ3n) is 4.17. The lowest BCUT2D eigenvalue weighted by atomic mass is 10.1. The van der Waals surface area contributed by atoms with Crippen molar-refractivity contribution < 1.29 is 0 Å². The van der Waals surface area contributed by atoms with Gasteiger partial charge in [0.05, 0.1) is 0 Å². The molecule has 0 aliphatic heterocycles. The first-order valence-corrected chi connectivity index (χ1v) is 9.87. The number of thioether (sulfide) groups is 1. The minimum atomic E-state index is 0.784. The van der Waals surface area contributed by atoms with Gasteiger partial charge in [0.25, 0.3) is 0 Å². The molecule has 0 radical (unpaired) electrons. The minimum absolute atomic E-state index is 0.784. The van der Waals surface area contributed by atoms with Crippen LogP contribution in [-0.2, 0) is 12.8 Å². The Labute approximate surface area is 168 Å². The highest BCUT2D eigenvalue weighted by Gasteiger charge is 2.12. The van der Waals surface area contributed by atoms with Crippen LogP contribution in [0.1, 0.15) is 16.7 Å². The number of benzene rings is 2. The van der Waals surface area contributed by atoms with Crippen molar-refractivity contribution in [1.82, 2.24) is 19.7 Å². The lowest BCUT2D eigenvalue weighted by Crippen LogP contribution is -1.96. The summed E-state index contributed by atoms with van der Waals surface area (Å²) in [5.41, 5.74) is 3.99. The second-order valence-electron chi connectivity index (χ2n) is 6.22. The van der Waals surface area contributed by atoms with Crippen molar-refractivity contribution >= 4 is 11.8 Å². The highest BCUT2D eigenvalue weighted by Crippen LogP contribution is 2.25. The fraction of sp³-hybridized carbons (Fsp3) is 0.0870. The van der Waals surface area contributed by atoms with Gasteiger partial charge in [-0.3, -0.25) is 4.98 Å². The Bertz CT molecular complexity index is 1130. The summed E-state index contributed by atoms with van der Waals surface area (Å²) in [6.07, 6.45) is 3.56. The number of rotatable bonds is 4. The monoisotopic (exact) mass is 382 g/mol. The van der Waals surface area contributed by atoms with Gasteiger partial charge < -0.3 is 4.57 Å². The van der Waals surface area contributed by atoms with Crippen molar-refractivity contribution in [2.45, 2.75) is 10.9 Å². The van der Waals surface area contributed by atoms with Crippen LogP contribution < -0.4 is 0 Å².